The normalized spacial score (nSPS) is 11.8. The van der Waals surface area contributed by atoms with Gasteiger partial charge < -0.3 is 0 Å². The Morgan fingerprint density at radius 3 is 2.50 bits per heavy atom. The molecule has 0 N–H and O–H groups in total. The molecule has 0 amide bonds. The van der Waals surface area contributed by atoms with Gasteiger partial charge in [-0.3, -0.25) is 0 Å². The van der Waals surface area contributed by atoms with Gasteiger partial charge in [-0.2, -0.15) is 10.5 Å². The fourth-order valence-corrected chi connectivity index (χ4v) is 0.568. The van der Waals surface area contributed by atoms with Gasteiger partial charge in [-0.15, -0.1) is 0 Å². The third kappa shape index (κ3) is 5.02. The topological polar surface area (TPSA) is 47.6 Å². The lowest BCUT2D eigenvalue weighted by Gasteiger charge is -1.82. The standard InChI is InChI=1S/C10H10N2/c1-2-3-4-5-6-10(9-12)7-8-11/h2-6H,7H2,1H3/b3-2+,5-4+,10-6+. The van der Waals surface area contributed by atoms with Crippen molar-refractivity contribution in [1.29, 1.82) is 10.5 Å². The molecule has 12 heavy (non-hydrogen) atoms. The number of nitriles is 2. The molecule has 0 saturated carbocycles. The number of allylic oxidation sites excluding steroid dienone is 6. The fourth-order valence-electron chi connectivity index (χ4n) is 0.568. The fraction of sp³-hybridized carbons (Fsp3) is 0.200. The molecule has 0 aromatic heterocycles. The van der Waals surface area contributed by atoms with Crippen LogP contribution in [0.3, 0.4) is 0 Å². The van der Waals surface area contributed by atoms with Gasteiger partial charge in [-0.1, -0.05) is 24.3 Å². The van der Waals surface area contributed by atoms with Crippen LogP contribution in [0, 0.1) is 22.7 Å². The van der Waals surface area contributed by atoms with E-state index in [1.807, 2.05) is 37.3 Å². The van der Waals surface area contributed by atoms with Gasteiger partial charge >= 0.3 is 0 Å². The van der Waals surface area contributed by atoms with Crippen molar-refractivity contribution in [3.8, 4) is 12.1 Å². The number of rotatable bonds is 3. The number of hydrogen-bond acceptors (Lipinski definition) is 2. The van der Waals surface area contributed by atoms with E-state index in [0.717, 1.165) is 0 Å². The van der Waals surface area contributed by atoms with E-state index in [9.17, 15) is 0 Å². The Labute approximate surface area is 72.7 Å². The van der Waals surface area contributed by atoms with Crippen LogP contribution >= 0.6 is 0 Å². The van der Waals surface area contributed by atoms with Crippen molar-refractivity contribution in [3.05, 3.63) is 36.0 Å². The molecule has 0 atom stereocenters. The third-order valence-corrected chi connectivity index (χ3v) is 1.13. The monoisotopic (exact) mass is 158 g/mol. The summed E-state index contributed by atoms with van der Waals surface area (Å²) in [6.45, 7) is 1.91. The van der Waals surface area contributed by atoms with E-state index >= 15 is 0 Å². The van der Waals surface area contributed by atoms with E-state index in [-0.39, 0.29) is 6.42 Å². The van der Waals surface area contributed by atoms with Gasteiger partial charge in [-0.25, -0.2) is 0 Å². The molecule has 0 radical (unpaired) electrons. The highest BCUT2D eigenvalue weighted by Crippen LogP contribution is 1.97. The zero-order valence-electron chi connectivity index (χ0n) is 6.99. The summed E-state index contributed by atoms with van der Waals surface area (Å²) in [6.07, 6.45) is 9.13. The molecular formula is C10H10N2. The van der Waals surface area contributed by atoms with E-state index in [2.05, 4.69) is 0 Å². The Bertz CT molecular complexity index is 282. The van der Waals surface area contributed by atoms with Crippen LogP contribution in [0.5, 0.6) is 0 Å². The second-order valence-corrected chi connectivity index (χ2v) is 2.05. The second kappa shape index (κ2) is 7.31. The maximum Gasteiger partial charge on any atom is 0.0958 e. The minimum absolute atomic E-state index is 0.177. The van der Waals surface area contributed by atoms with Gasteiger partial charge in [0.05, 0.1) is 18.6 Å². The Morgan fingerprint density at radius 1 is 1.25 bits per heavy atom. The summed E-state index contributed by atoms with van der Waals surface area (Å²) in [4.78, 5) is 0. The molecule has 0 unspecified atom stereocenters. The van der Waals surface area contributed by atoms with E-state index in [4.69, 9.17) is 10.5 Å². The van der Waals surface area contributed by atoms with Gasteiger partial charge in [-0.05, 0) is 13.0 Å². The Balaban J connectivity index is 4.15. The lowest BCUT2D eigenvalue weighted by molar-refractivity contribution is 1.27. The molecule has 0 aliphatic carbocycles. The zero-order valence-corrected chi connectivity index (χ0v) is 6.99. The molecule has 0 fully saturated rings. The lowest BCUT2D eigenvalue weighted by atomic mass is 10.2. The van der Waals surface area contributed by atoms with Crippen LogP contribution in [-0.4, -0.2) is 0 Å². The van der Waals surface area contributed by atoms with Gasteiger partial charge in [0.15, 0.2) is 0 Å². The molecule has 2 heteroatoms. The summed E-state index contributed by atoms with van der Waals surface area (Å²) < 4.78 is 0. The highest BCUT2D eigenvalue weighted by molar-refractivity contribution is 5.29. The Morgan fingerprint density at radius 2 is 2.00 bits per heavy atom. The largest absolute Gasteiger partial charge is 0.198 e. The molecule has 0 saturated heterocycles. The first kappa shape index (κ1) is 10.2. The van der Waals surface area contributed by atoms with E-state index in [1.54, 1.807) is 12.2 Å². The minimum Gasteiger partial charge on any atom is -0.198 e. The molecular weight excluding hydrogens is 148 g/mol. The van der Waals surface area contributed by atoms with Crippen molar-refractivity contribution >= 4 is 0 Å². The van der Waals surface area contributed by atoms with Crippen molar-refractivity contribution in [1.82, 2.24) is 0 Å². The molecule has 0 heterocycles. The summed E-state index contributed by atoms with van der Waals surface area (Å²) in [5.74, 6) is 0. The molecule has 2 nitrogen and oxygen atoms in total. The molecule has 60 valence electrons. The van der Waals surface area contributed by atoms with E-state index in [1.165, 1.54) is 0 Å². The van der Waals surface area contributed by atoms with Gasteiger partial charge in [0, 0.05) is 5.57 Å². The molecule has 0 bridgehead atoms. The maximum atomic E-state index is 8.49. The average molecular weight is 158 g/mol. The van der Waals surface area contributed by atoms with Crippen LogP contribution in [-0.2, 0) is 0 Å². The highest BCUT2D eigenvalue weighted by atomic mass is 14.3. The predicted molar refractivity (Wildman–Crippen MR) is 47.9 cm³/mol. The number of nitrogens with zero attached hydrogens (tertiary/aromatic N) is 2. The van der Waals surface area contributed by atoms with Crippen molar-refractivity contribution < 1.29 is 0 Å². The summed E-state index contributed by atoms with van der Waals surface area (Å²) in [7, 11) is 0. The molecule has 0 aromatic rings. The van der Waals surface area contributed by atoms with Crippen LogP contribution in [0.4, 0.5) is 0 Å². The lowest BCUT2D eigenvalue weighted by Crippen LogP contribution is -1.73. The van der Waals surface area contributed by atoms with Crippen molar-refractivity contribution in [2.75, 3.05) is 0 Å². The van der Waals surface area contributed by atoms with Crippen molar-refractivity contribution in [2.45, 2.75) is 13.3 Å². The van der Waals surface area contributed by atoms with Gasteiger partial charge in [0.25, 0.3) is 0 Å². The van der Waals surface area contributed by atoms with Crippen LogP contribution in [0.15, 0.2) is 36.0 Å². The minimum atomic E-state index is 0.177. The SMILES string of the molecule is C/C=C/C=C/C=C(/C#N)CC#N. The van der Waals surface area contributed by atoms with Crippen molar-refractivity contribution in [3.63, 3.8) is 0 Å². The zero-order chi connectivity index (χ0) is 9.23. The maximum absolute atomic E-state index is 8.49. The highest BCUT2D eigenvalue weighted by Gasteiger charge is 1.88. The van der Waals surface area contributed by atoms with Crippen LogP contribution in [0.2, 0.25) is 0 Å². The first-order valence-corrected chi connectivity index (χ1v) is 3.60. The van der Waals surface area contributed by atoms with E-state index in [0.29, 0.717) is 5.57 Å². The van der Waals surface area contributed by atoms with Crippen LogP contribution in [0.25, 0.3) is 0 Å². The first-order valence-electron chi connectivity index (χ1n) is 3.60. The molecule has 0 aliphatic heterocycles. The smallest absolute Gasteiger partial charge is 0.0958 e. The van der Waals surface area contributed by atoms with Crippen LogP contribution < -0.4 is 0 Å². The number of hydrogen-bond donors (Lipinski definition) is 0. The molecule has 0 rings (SSSR count). The summed E-state index contributed by atoms with van der Waals surface area (Å²) in [5.41, 5.74) is 0.484. The molecule has 0 aliphatic rings. The predicted octanol–water partition coefficient (Wildman–Crippen LogP) is 2.48. The Hall–Kier alpha value is -1.80. The summed E-state index contributed by atoms with van der Waals surface area (Å²) in [6, 6.07) is 3.86. The molecule has 0 aromatic carbocycles. The third-order valence-electron chi connectivity index (χ3n) is 1.13. The van der Waals surface area contributed by atoms with Gasteiger partial charge in [0.2, 0.25) is 0 Å². The quantitative estimate of drug-likeness (QED) is 0.468. The summed E-state index contributed by atoms with van der Waals surface area (Å²) >= 11 is 0. The second-order valence-electron chi connectivity index (χ2n) is 2.05. The van der Waals surface area contributed by atoms with Crippen LogP contribution in [0.1, 0.15) is 13.3 Å². The first-order chi connectivity index (χ1) is 5.85. The molecule has 0 spiro atoms. The average Bonchev–Trinajstić information content (AvgIpc) is 2.10. The van der Waals surface area contributed by atoms with Crippen molar-refractivity contribution in [2.24, 2.45) is 0 Å². The van der Waals surface area contributed by atoms with E-state index < -0.39 is 0 Å². The Kier molecular flexibility index (Phi) is 6.21. The summed E-state index contributed by atoms with van der Waals surface area (Å²) in [5, 5.41) is 16.8. The van der Waals surface area contributed by atoms with Gasteiger partial charge in [0.1, 0.15) is 0 Å².